The number of ether oxygens (including phenoxy) is 1. The van der Waals surface area contributed by atoms with E-state index in [1.54, 1.807) is 19.1 Å². The zero-order chi connectivity index (χ0) is 17.4. The summed E-state index contributed by atoms with van der Waals surface area (Å²) in [7, 11) is -1.21. The van der Waals surface area contributed by atoms with Crippen LogP contribution in [-0.2, 0) is 14.2 Å². The zero-order valence-corrected chi connectivity index (χ0v) is 13.6. The fraction of sp³-hybridized carbons (Fsp3) is 0.357. The highest BCUT2D eigenvalue weighted by Crippen LogP contribution is 2.32. The minimum atomic E-state index is -1.21. The molecule has 10 heteroatoms. The predicted octanol–water partition coefficient (Wildman–Crippen LogP) is -0.436. The number of carboxylic acids is 1. The molecule has 8 nitrogen and oxygen atoms in total. The van der Waals surface area contributed by atoms with E-state index in [1.807, 2.05) is 0 Å². The molecular formula is C14H15BN2O6S. The van der Waals surface area contributed by atoms with E-state index in [2.05, 4.69) is 4.99 Å². The van der Waals surface area contributed by atoms with E-state index in [0.717, 1.165) is 17.3 Å². The number of aryl methyl sites for hydroxylation is 1. The first-order chi connectivity index (χ1) is 11.3. The third-order valence-corrected chi connectivity index (χ3v) is 4.87. The number of carbonyl (C=O) groups excluding carboxylic acids is 1. The molecule has 24 heavy (non-hydrogen) atoms. The Hall–Kier alpha value is -2.04. The smallest absolute Gasteiger partial charge is 0.481 e. The van der Waals surface area contributed by atoms with Crippen molar-refractivity contribution in [2.24, 2.45) is 10.7 Å². The molecule has 0 bridgehead atoms. The molecule has 0 aromatic heterocycles. The van der Waals surface area contributed by atoms with E-state index in [1.165, 1.54) is 0 Å². The number of carbonyl (C=O) groups is 2. The van der Waals surface area contributed by atoms with Crippen molar-refractivity contribution in [3.05, 3.63) is 23.3 Å². The number of amides is 1. The van der Waals surface area contributed by atoms with Crippen LogP contribution in [0.15, 0.2) is 17.1 Å². The number of aliphatic carboxylic acids is 1. The number of hydrogen-bond acceptors (Lipinski definition) is 7. The SMILES string of the molecule is Cc1cc(OC2=NCC(C(N)=O)S2)cc2c1[C@H](CC(=O)O)OB2O. The lowest BCUT2D eigenvalue weighted by Gasteiger charge is -2.13. The second-order valence-electron chi connectivity index (χ2n) is 5.54. The van der Waals surface area contributed by atoms with Gasteiger partial charge in [-0.1, -0.05) is 11.8 Å². The molecule has 1 unspecified atom stereocenters. The molecule has 0 fully saturated rings. The molecule has 4 N–H and O–H groups in total. The van der Waals surface area contributed by atoms with Gasteiger partial charge in [0.2, 0.25) is 5.91 Å². The number of hydrogen-bond donors (Lipinski definition) is 3. The van der Waals surface area contributed by atoms with Crippen molar-refractivity contribution in [2.75, 3.05) is 6.54 Å². The van der Waals surface area contributed by atoms with Crippen molar-refractivity contribution in [1.82, 2.24) is 0 Å². The molecule has 2 aliphatic heterocycles. The molecule has 1 amide bonds. The highest BCUT2D eigenvalue weighted by Gasteiger charge is 2.38. The maximum absolute atomic E-state index is 11.1. The van der Waals surface area contributed by atoms with Gasteiger partial charge in [-0.3, -0.25) is 9.59 Å². The Labute approximate surface area is 142 Å². The second-order valence-corrected chi connectivity index (χ2v) is 6.69. The fourth-order valence-electron chi connectivity index (χ4n) is 2.76. The summed E-state index contributed by atoms with van der Waals surface area (Å²) < 4.78 is 11.0. The van der Waals surface area contributed by atoms with Crippen molar-refractivity contribution >= 4 is 41.4 Å². The minimum Gasteiger partial charge on any atom is -0.481 e. The van der Waals surface area contributed by atoms with E-state index in [4.69, 9.17) is 20.2 Å². The summed E-state index contributed by atoms with van der Waals surface area (Å²) in [5.74, 6) is -1.02. The Morgan fingerprint density at radius 1 is 1.54 bits per heavy atom. The number of benzene rings is 1. The van der Waals surface area contributed by atoms with Gasteiger partial charge in [-0.25, -0.2) is 4.99 Å². The maximum atomic E-state index is 11.1. The summed E-state index contributed by atoms with van der Waals surface area (Å²) in [6.07, 6.45) is -0.924. The molecule has 3 rings (SSSR count). The molecule has 1 aromatic carbocycles. The fourth-order valence-corrected chi connectivity index (χ4v) is 3.56. The Bertz CT molecular complexity index is 740. The lowest BCUT2D eigenvalue weighted by molar-refractivity contribution is -0.138. The highest BCUT2D eigenvalue weighted by atomic mass is 32.2. The molecule has 2 heterocycles. The van der Waals surface area contributed by atoms with Gasteiger partial charge in [-0.2, -0.15) is 0 Å². The first kappa shape index (κ1) is 16.8. The van der Waals surface area contributed by atoms with Gasteiger partial charge >= 0.3 is 13.1 Å². The van der Waals surface area contributed by atoms with Gasteiger partial charge in [0.05, 0.1) is 19.1 Å². The Kier molecular flexibility index (Phi) is 4.53. The lowest BCUT2D eigenvalue weighted by atomic mass is 9.77. The molecule has 0 saturated heterocycles. The van der Waals surface area contributed by atoms with E-state index >= 15 is 0 Å². The van der Waals surface area contributed by atoms with Crippen LogP contribution in [0.25, 0.3) is 0 Å². The molecule has 126 valence electrons. The highest BCUT2D eigenvalue weighted by molar-refractivity contribution is 8.15. The Morgan fingerprint density at radius 2 is 2.29 bits per heavy atom. The summed E-state index contributed by atoms with van der Waals surface area (Å²) in [6, 6.07) is 3.31. The van der Waals surface area contributed by atoms with Gasteiger partial charge in [0.25, 0.3) is 5.23 Å². The van der Waals surface area contributed by atoms with Crippen LogP contribution in [0.4, 0.5) is 0 Å². The molecular weight excluding hydrogens is 335 g/mol. The maximum Gasteiger partial charge on any atom is 0.492 e. The van der Waals surface area contributed by atoms with Gasteiger partial charge in [0.1, 0.15) is 11.0 Å². The third-order valence-electron chi connectivity index (χ3n) is 3.79. The first-order valence-corrected chi connectivity index (χ1v) is 8.11. The summed E-state index contributed by atoms with van der Waals surface area (Å²) in [5.41, 5.74) is 7.13. The zero-order valence-electron chi connectivity index (χ0n) is 12.8. The molecule has 0 radical (unpaired) electrons. The number of thioether (sulfide) groups is 1. The number of nitrogens with two attached hydrogens (primary N) is 1. The number of fused-ring (bicyclic) bond motifs is 1. The Balaban J connectivity index is 1.81. The van der Waals surface area contributed by atoms with E-state index in [0.29, 0.717) is 22.0 Å². The number of nitrogens with zero attached hydrogens (tertiary/aromatic N) is 1. The number of aliphatic imine (C=N–C) groups is 1. The van der Waals surface area contributed by atoms with Crippen LogP contribution in [0.3, 0.4) is 0 Å². The van der Waals surface area contributed by atoms with Crippen LogP contribution in [-0.4, -0.2) is 46.1 Å². The molecule has 2 atom stereocenters. The van der Waals surface area contributed by atoms with Crippen LogP contribution in [0.1, 0.15) is 23.7 Å². The molecule has 0 saturated carbocycles. The quantitative estimate of drug-likeness (QED) is 0.628. The lowest BCUT2D eigenvalue weighted by Crippen LogP contribution is -2.28. The van der Waals surface area contributed by atoms with Crippen LogP contribution in [0.2, 0.25) is 0 Å². The van der Waals surface area contributed by atoms with Crippen LogP contribution < -0.4 is 15.9 Å². The summed E-state index contributed by atoms with van der Waals surface area (Å²) in [5, 5.41) is 18.9. The summed E-state index contributed by atoms with van der Waals surface area (Å²) >= 11 is 1.14. The minimum absolute atomic E-state index is 0.228. The standard InChI is InChI=1S/C14H15BN2O6S/c1-6-2-7(22-14-17-5-10(24-14)13(16)20)3-8-12(6)9(4-11(18)19)23-15(8)21/h2-3,9-10,21H,4-5H2,1H3,(H2,16,20)(H,18,19)/t9-,10?/m0/s1. The van der Waals surface area contributed by atoms with E-state index in [-0.39, 0.29) is 13.0 Å². The van der Waals surface area contributed by atoms with Crippen molar-refractivity contribution < 1.29 is 29.1 Å². The average Bonchev–Trinajstić information content (AvgIpc) is 3.05. The molecule has 0 spiro atoms. The van der Waals surface area contributed by atoms with Crippen LogP contribution in [0.5, 0.6) is 5.75 Å². The molecule has 0 aliphatic carbocycles. The third kappa shape index (κ3) is 3.26. The van der Waals surface area contributed by atoms with Gasteiger partial charge in [-0.05, 0) is 35.6 Å². The summed E-state index contributed by atoms with van der Waals surface area (Å²) in [4.78, 5) is 26.2. The van der Waals surface area contributed by atoms with E-state index in [9.17, 15) is 14.6 Å². The van der Waals surface area contributed by atoms with Gasteiger partial charge in [-0.15, -0.1) is 0 Å². The van der Waals surface area contributed by atoms with Crippen molar-refractivity contribution in [1.29, 1.82) is 0 Å². The molecule has 1 aromatic rings. The average molecular weight is 350 g/mol. The first-order valence-electron chi connectivity index (χ1n) is 7.23. The van der Waals surface area contributed by atoms with Gasteiger partial charge < -0.3 is 25.3 Å². The van der Waals surface area contributed by atoms with Crippen molar-refractivity contribution in [3.8, 4) is 5.75 Å². The van der Waals surface area contributed by atoms with Crippen molar-refractivity contribution in [2.45, 2.75) is 24.7 Å². The molecule has 2 aliphatic rings. The van der Waals surface area contributed by atoms with Gasteiger partial charge in [0.15, 0.2) is 0 Å². The predicted molar refractivity (Wildman–Crippen MR) is 88.4 cm³/mol. The normalized spacial score (nSPS) is 22.2. The Morgan fingerprint density at radius 3 is 2.92 bits per heavy atom. The largest absolute Gasteiger partial charge is 0.492 e. The topological polar surface area (TPSA) is 131 Å². The number of carboxylic acid groups (broad SMARTS) is 1. The van der Waals surface area contributed by atoms with Crippen LogP contribution in [0, 0.1) is 6.92 Å². The van der Waals surface area contributed by atoms with Crippen molar-refractivity contribution in [3.63, 3.8) is 0 Å². The van der Waals surface area contributed by atoms with E-state index < -0.39 is 30.3 Å². The van der Waals surface area contributed by atoms with Crippen LogP contribution >= 0.6 is 11.8 Å². The van der Waals surface area contributed by atoms with Gasteiger partial charge in [0, 0.05) is 0 Å². The number of primary amides is 1. The monoisotopic (exact) mass is 350 g/mol. The number of rotatable bonds is 4. The summed E-state index contributed by atoms with van der Waals surface area (Å²) in [6.45, 7) is 2.06. The second kappa shape index (κ2) is 6.46.